The molecule has 434 valence electrons. The topological polar surface area (TPSA) is 134 Å². The first kappa shape index (κ1) is 72.2. The molecular weight excluding hydrogens is 954 g/mol. The summed E-state index contributed by atoms with van der Waals surface area (Å²) in [5, 5.41) is 0. The van der Waals surface area contributed by atoms with E-state index in [9.17, 15) is 19.0 Å². The van der Waals surface area contributed by atoms with Crippen molar-refractivity contribution in [2.75, 3.05) is 26.4 Å². The van der Waals surface area contributed by atoms with Gasteiger partial charge in [-0.1, -0.05) is 266 Å². The molecule has 2 atom stereocenters. The molecule has 0 aliphatic heterocycles. The molecule has 0 heterocycles. The van der Waals surface area contributed by atoms with E-state index in [1.165, 1.54) is 167 Å². The van der Waals surface area contributed by atoms with Gasteiger partial charge in [-0.15, -0.1) is 0 Å². The summed E-state index contributed by atoms with van der Waals surface area (Å²) in [4.78, 5) is 35.3. The van der Waals surface area contributed by atoms with E-state index in [4.69, 9.17) is 24.3 Å². The van der Waals surface area contributed by atoms with Crippen LogP contribution in [0.15, 0.2) is 85.1 Å². The monoisotopic (exact) mass is 1070 g/mol. The smallest absolute Gasteiger partial charge is 0.462 e. The zero-order valence-corrected chi connectivity index (χ0v) is 49.4. The van der Waals surface area contributed by atoms with E-state index in [1.807, 2.05) is 0 Å². The Morgan fingerprint density at radius 1 is 0.413 bits per heavy atom. The van der Waals surface area contributed by atoms with Gasteiger partial charge in [0.2, 0.25) is 0 Å². The first-order valence-electron chi connectivity index (χ1n) is 31.1. The van der Waals surface area contributed by atoms with Gasteiger partial charge < -0.3 is 20.1 Å². The number of rotatable bonds is 58. The molecule has 9 nitrogen and oxygen atoms in total. The lowest BCUT2D eigenvalue weighted by Gasteiger charge is -2.19. The van der Waals surface area contributed by atoms with E-state index in [-0.39, 0.29) is 38.6 Å². The molecule has 0 aromatic carbocycles. The Labute approximate surface area is 462 Å². The maximum atomic E-state index is 12.7. The summed E-state index contributed by atoms with van der Waals surface area (Å²) in [6.07, 6.45) is 79.3. The fourth-order valence-electron chi connectivity index (χ4n) is 8.69. The van der Waals surface area contributed by atoms with Gasteiger partial charge >= 0.3 is 19.8 Å². The summed E-state index contributed by atoms with van der Waals surface area (Å²) < 4.78 is 33.1. The molecule has 0 bridgehead atoms. The third-order valence-corrected chi connectivity index (χ3v) is 14.2. The molecule has 0 aromatic rings. The zero-order valence-electron chi connectivity index (χ0n) is 48.5. The van der Waals surface area contributed by atoms with Crippen LogP contribution in [-0.4, -0.2) is 49.3 Å². The van der Waals surface area contributed by atoms with Gasteiger partial charge in [0.05, 0.1) is 13.2 Å². The van der Waals surface area contributed by atoms with Crippen molar-refractivity contribution in [1.82, 2.24) is 0 Å². The molecule has 0 amide bonds. The van der Waals surface area contributed by atoms with Crippen LogP contribution in [0.25, 0.3) is 0 Å². The lowest BCUT2D eigenvalue weighted by atomic mass is 10.0. The van der Waals surface area contributed by atoms with Crippen LogP contribution in [0.3, 0.4) is 0 Å². The van der Waals surface area contributed by atoms with Crippen LogP contribution in [0.4, 0.5) is 0 Å². The standard InChI is InChI=1S/C65H116NO8P/c1-3-5-7-9-11-13-15-17-19-21-23-25-27-29-31-33-35-37-39-41-43-45-47-49-51-53-55-57-64(67)71-61-63(62-73-75(69,70)72-60-59-66)74-65(68)58-56-54-52-50-48-46-44-42-40-38-36-34-32-30-28-26-24-22-20-18-16-14-12-10-8-6-4-2/h6,8,12,14-15,17-18,20-21,23-24,26,30,32,63H,3-5,7,9-11,13,16,19,22,25,27-29,31,33-62,66H2,1-2H3,(H,69,70)/b8-6-,14-12-,17-15-,20-18-,23-21-,26-24-,32-30-. The van der Waals surface area contributed by atoms with Gasteiger partial charge in [0.25, 0.3) is 0 Å². The van der Waals surface area contributed by atoms with Crippen molar-refractivity contribution >= 4 is 19.8 Å². The van der Waals surface area contributed by atoms with Crippen molar-refractivity contribution in [3.8, 4) is 0 Å². The highest BCUT2D eigenvalue weighted by Gasteiger charge is 2.26. The third kappa shape index (κ3) is 60.3. The normalized spacial score (nSPS) is 13.6. The van der Waals surface area contributed by atoms with Gasteiger partial charge in [-0.2, -0.15) is 0 Å². The number of hydrogen-bond donors (Lipinski definition) is 2. The van der Waals surface area contributed by atoms with E-state index in [2.05, 4.69) is 98.9 Å². The molecule has 0 aliphatic carbocycles. The summed E-state index contributed by atoms with van der Waals surface area (Å²) >= 11 is 0. The Hall–Kier alpha value is -2.81. The highest BCUT2D eigenvalue weighted by Crippen LogP contribution is 2.43. The zero-order chi connectivity index (χ0) is 54.5. The molecule has 3 N–H and O–H groups in total. The predicted octanol–water partition coefficient (Wildman–Crippen LogP) is 19.9. The SMILES string of the molecule is CC/C=C\C/C=C\C/C=C\C/C=C\C/C=C\CCCCCCCCCCCCCC(=O)OC(COC(=O)CCCCCCCCCCCCCCCCC/C=C\C/C=C\CCCCCCC)COP(=O)(O)OCCN. The van der Waals surface area contributed by atoms with Gasteiger partial charge in [-0.3, -0.25) is 18.6 Å². The lowest BCUT2D eigenvalue weighted by Crippen LogP contribution is -2.29. The molecule has 2 unspecified atom stereocenters. The van der Waals surface area contributed by atoms with Crippen LogP contribution in [0.5, 0.6) is 0 Å². The number of carbonyl (C=O) groups excluding carboxylic acids is 2. The van der Waals surface area contributed by atoms with Crippen LogP contribution in [0.2, 0.25) is 0 Å². The number of carbonyl (C=O) groups is 2. The summed E-state index contributed by atoms with van der Waals surface area (Å²) in [7, 11) is -4.39. The second kappa shape index (κ2) is 60.4. The quantitative estimate of drug-likeness (QED) is 0.0264. The van der Waals surface area contributed by atoms with Crippen molar-refractivity contribution in [2.45, 2.75) is 290 Å². The fraction of sp³-hybridized carbons (Fsp3) is 0.754. The van der Waals surface area contributed by atoms with Crippen molar-refractivity contribution in [2.24, 2.45) is 5.73 Å². The highest BCUT2D eigenvalue weighted by molar-refractivity contribution is 7.47. The molecule has 0 spiro atoms. The molecule has 0 aromatic heterocycles. The van der Waals surface area contributed by atoms with E-state index in [0.717, 1.165) is 83.5 Å². The first-order chi connectivity index (χ1) is 36.8. The summed E-state index contributed by atoms with van der Waals surface area (Å²) in [5.41, 5.74) is 5.39. The summed E-state index contributed by atoms with van der Waals surface area (Å²) in [5.74, 6) is -0.826. The van der Waals surface area contributed by atoms with E-state index in [0.29, 0.717) is 6.42 Å². The van der Waals surface area contributed by atoms with Crippen LogP contribution >= 0.6 is 7.82 Å². The van der Waals surface area contributed by atoms with Crippen molar-refractivity contribution in [3.05, 3.63) is 85.1 Å². The Balaban J connectivity index is 3.95. The Bertz CT molecular complexity index is 1500. The van der Waals surface area contributed by atoms with E-state index < -0.39 is 26.5 Å². The largest absolute Gasteiger partial charge is 0.472 e. The first-order valence-corrected chi connectivity index (χ1v) is 32.6. The average Bonchev–Trinajstić information content (AvgIpc) is 3.40. The van der Waals surface area contributed by atoms with Gasteiger partial charge in [-0.05, 0) is 89.9 Å². The Kier molecular flexibility index (Phi) is 58.2. The minimum Gasteiger partial charge on any atom is -0.462 e. The van der Waals surface area contributed by atoms with E-state index in [1.54, 1.807) is 0 Å². The second-order valence-corrected chi connectivity index (χ2v) is 22.0. The lowest BCUT2D eigenvalue weighted by molar-refractivity contribution is -0.161. The van der Waals surface area contributed by atoms with Crippen LogP contribution in [0.1, 0.15) is 284 Å². The number of unbranched alkanes of at least 4 members (excludes halogenated alkanes) is 31. The number of nitrogens with two attached hydrogens (primary N) is 1. The van der Waals surface area contributed by atoms with Crippen LogP contribution in [0, 0.1) is 0 Å². The van der Waals surface area contributed by atoms with Crippen molar-refractivity contribution < 1.29 is 37.6 Å². The average molecular weight is 1070 g/mol. The fourth-order valence-corrected chi connectivity index (χ4v) is 9.46. The maximum absolute atomic E-state index is 12.7. The molecule has 75 heavy (non-hydrogen) atoms. The van der Waals surface area contributed by atoms with Gasteiger partial charge in [0.15, 0.2) is 6.10 Å². The molecular formula is C65H116NO8P. The molecule has 0 radical (unpaired) electrons. The van der Waals surface area contributed by atoms with Gasteiger partial charge in [0.1, 0.15) is 6.61 Å². The van der Waals surface area contributed by atoms with Crippen LogP contribution in [-0.2, 0) is 32.7 Å². The van der Waals surface area contributed by atoms with Crippen molar-refractivity contribution in [1.29, 1.82) is 0 Å². The molecule has 0 saturated heterocycles. The molecule has 0 aliphatic rings. The minimum atomic E-state index is -4.39. The number of phosphoric acid groups is 1. The number of hydrogen-bond acceptors (Lipinski definition) is 8. The van der Waals surface area contributed by atoms with Gasteiger partial charge in [-0.25, -0.2) is 4.57 Å². The molecule has 0 saturated carbocycles. The Morgan fingerprint density at radius 2 is 0.733 bits per heavy atom. The second-order valence-electron chi connectivity index (χ2n) is 20.5. The maximum Gasteiger partial charge on any atom is 0.472 e. The molecule has 10 heteroatoms. The van der Waals surface area contributed by atoms with E-state index >= 15 is 0 Å². The Morgan fingerprint density at radius 3 is 1.09 bits per heavy atom. The van der Waals surface area contributed by atoms with Gasteiger partial charge in [0, 0.05) is 19.4 Å². The number of phosphoric ester groups is 1. The van der Waals surface area contributed by atoms with Crippen molar-refractivity contribution in [3.63, 3.8) is 0 Å². The number of allylic oxidation sites excluding steroid dienone is 14. The summed E-state index contributed by atoms with van der Waals surface area (Å²) in [6, 6.07) is 0. The summed E-state index contributed by atoms with van der Waals surface area (Å²) in [6.45, 7) is 3.64. The molecule has 0 rings (SSSR count). The third-order valence-electron chi connectivity index (χ3n) is 13.3. The number of esters is 2. The molecule has 0 fully saturated rings. The predicted molar refractivity (Wildman–Crippen MR) is 321 cm³/mol. The highest BCUT2D eigenvalue weighted by atomic mass is 31.2. The van der Waals surface area contributed by atoms with Crippen LogP contribution < -0.4 is 5.73 Å². The minimum absolute atomic E-state index is 0.0504. The number of ether oxygens (including phenoxy) is 2.